The van der Waals surface area contributed by atoms with Crippen LogP contribution in [0.15, 0.2) is 48.0 Å². The highest BCUT2D eigenvalue weighted by Gasteiger charge is 2.42. The zero-order valence-electron chi connectivity index (χ0n) is 22.0. The maximum absolute atomic E-state index is 13.2. The molecule has 2 unspecified atom stereocenters. The molecule has 7 nitrogen and oxygen atoms in total. The van der Waals surface area contributed by atoms with E-state index >= 15 is 0 Å². The van der Waals surface area contributed by atoms with Crippen LogP contribution in [0.2, 0.25) is 5.02 Å². The number of carbonyl (C=O) groups is 2. The van der Waals surface area contributed by atoms with Crippen molar-refractivity contribution < 1.29 is 14.3 Å². The molecule has 0 aliphatic carbocycles. The minimum absolute atomic E-state index is 0.103. The van der Waals surface area contributed by atoms with Crippen molar-refractivity contribution in [2.45, 2.75) is 27.2 Å². The van der Waals surface area contributed by atoms with Gasteiger partial charge in [-0.15, -0.1) is 11.3 Å². The second-order valence-electron chi connectivity index (χ2n) is 10.3. The number of ether oxygens (including phenoxy) is 1. The molecule has 5 rings (SSSR count). The highest BCUT2D eigenvalue weighted by Crippen LogP contribution is 2.33. The topological polar surface area (TPSA) is 66.0 Å². The van der Waals surface area contributed by atoms with Crippen molar-refractivity contribution in [3.8, 4) is 5.06 Å². The molecule has 200 valence electrons. The average Bonchev–Trinajstić information content (AvgIpc) is 3.61. The monoisotopic (exact) mass is 552 g/mol. The minimum atomic E-state index is -0.402. The van der Waals surface area contributed by atoms with E-state index in [0.717, 1.165) is 67.2 Å². The zero-order valence-corrected chi connectivity index (χ0v) is 23.6. The third kappa shape index (κ3) is 5.72. The van der Waals surface area contributed by atoms with Gasteiger partial charge in [0, 0.05) is 49.6 Å². The van der Waals surface area contributed by atoms with Crippen LogP contribution in [0.3, 0.4) is 0 Å². The SMILES string of the molecule is Cc1ccc(N(CCCN2CC3CN(C(=O)c4c(C)ccnc4C)CC3C2)C(=O)Oc2cccs2)cc1Cl. The summed E-state index contributed by atoms with van der Waals surface area (Å²) in [6.07, 6.45) is 2.16. The fourth-order valence-electron chi connectivity index (χ4n) is 5.60. The average molecular weight is 553 g/mol. The summed E-state index contributed by atoms with van der Waals surface area (Å²) >= 11 is 7.76. The first-order chi connectivity index (χ1) is 18.3. The summed E-state index contributed by atoms with van der Waals surface area (Å²) in [5.74, 6) is 1.06. The minimum Gasteiger partial charge on any atom is -0.399 e. The summed E-state index contributed by atoms with van der Waals surface area (Å²) in [6, 6.07) is 11.2. The third-order valence-electron chi connectivity index (χ3n) is 7.64. The summed E-state index contributed by atoms with van der Waals surface area (Å²) in [5.41, 5.74) is 4.22. The number of fused-ring (bicyclic) bond motifs is 1. The van der Waals surface area contributed by atoms with Gasteiger partial charge in [0.1, 0.15) is 0 Å². The molecular formula is C29H33ClN4O3S. The summed E-state index contributed by atoms with van der Waals surface area (Å²) in [6.45, 7) is 10.7. The van der Waals surface area contributed by atoms with Crippen LogP contribution in [-0.4, -0.2) is 66.1 Å². The van der Waals surface area contributed by atoms with Gasteiger partial charge in [0.15, 0.2) is 5.06 Å². The van der Waals surface area contributed by atoms with Gasteiger partial charge in [-0.05, 0) is 92.4 Å². The Kier molecular flexibility index (Phi) is 8.02. The Balaban J connectivity index is 1.17. The van der Waals surface area contributed by atoms with E-state index in [-0.39, 0.29) is 5.91 Å². The Bertz CT molecular complexity index is 1280. The first kappa shape index (κ1) is 26.7. The van der Waals surface area contributed by atoms with E-state index in [2.05, 4.69) is 9.88 Å². The van der Waals surface area contributed by atoms with Crippen LogP contribution in [0.25, 0.3) is 0 Å². The fourth-order valence-corrected chi connectivity index (χ4v) is 6.35. The van der Waals surface area contributed by atoms with Gasteiger partial charge in [-0.2, -0.15) is 0 Å². The number of aryl methyl sites for hydroxylation is 3. The Morgan fingerprint density at radius 1 is 1.08 bits per heavy atom. The molecule has 0 radical (unpaired) electrons. The lowest BCUT2D eigenvalue weighted by Crippen LogP contribution is -2.37. The number of benzene rings is 1. The number of halogens is 1. The summed E-state index contributed by atoms with van der Waals surface area (Å²) in [4.78, 5) is 36.8. The Hall–Kier alpha value is -2.94. The summed E-state index contributed by atoms with van der Waals surface area (Å²) < 4.78 is 5.62. The van der Waals surface area contributed by atoms with Crippen LogP contribution in [0, 0.1) is 32.6 Å². The molecule has 3 aromatic rings. The van der Waals surface area contributed by atoms with E-state index in [0.29, 0.717) is 28.5 Å². The second-order valence-corrected chi connectivity index (χ2v) is 11.6. The molecule has 2 atom stereocenters. The van der Waals surface area contributed by atoms with E-state index in [1.165, 1.54) is 11.3 Å². The number of anilines is 1. The summed E-state index contributed by atoms with van der Waals surface area (Å²) in [5, 5.41) is 3.08. The first-order valence-corrected chi connectivity index (χ1v) is 14.3. The number of carbonyl (C=O) groups excluding carboxylic acids is 2. The fraction of sp³-hybridized carbons (Fsp3) is 0.414. The maximum Gasteiger partial charge on any atom is 0.420 e. The molecule has 2 saturated heterocycles. The predicted molar refractivity (Wildman–Crippen MR) is 152 cm³/mol. The van der Waals surface area contributed by atoms with Crippen LogP contribution >= 0.6 is 22.9 Å². The van der Waals surface area contributed by atoms with Gasteiger partial charge in [0.25, 0.3) is 5.91 Å². The number of pyridine rings is 1. The van der Waals surface area contributed by atoms with Crippen molar-refractivity contribution in [3.05, 3.63) is 75.4 Å². The molecule has 2 aliphatic heterocycles. The van der Waals surface area contributed by atoms with E-state index < -0.39 is 6.09 Å². The number of rotatable bonds is 7. The number of hydrogen-bond donors (Lipinski definition) is 0. The highest BCUT2D eigenvalue weighted by atomic mass is 35.5. The Morgan fingerprint density at radius 3 is 2.50 bits per heavy atom. The van der Waals surface area contributed by atoms with Crippen molar-refractivity contribution in [2.24, 2.45) is 11.8 Å². The number of likely N-dealkylation sites (tertiary alicyclic amines) is 2. The highest BCUT2D eigenvalue weighted by molar-refractivity contribution is 7.11. The zero-order chi connectivity index (χ0) is 26.8. The van der Waals surface area contributed by atoms with Crippen LogP contribution in [-0.2, 0) is 0 Å². The van der Waals surface area contributed by atoms with E-state index in [4.69, 9.17) is 16.3 Å². The third-order valence-corrected chi connectivity index (χ3v) is 8.79. The van der Waals surface area contributed by atoms with Crippen molar-refractivity contribution in [1.29, 1.82) is 0 Å². The van der Waals surface area contributed by atoms with E-state index in [9.17, 15) is 9.59 Å². The maximum atomic E-state index is 13.2. The van der Waals surface area contributed by atoms with Gasteiger partial charge in [0.05, 0.1) is 11.3 Å². The van der Waals surface area contributed by atoms with Crippen molar-refractivity contribution >= 4 is 40.6 Å². The molecular weight excluding hydrogens is 520 g/mol. The number of aromatic nitrogens is 1. The predicted octanol–water partition coefficient (Wildman–Crippen LogP) is 5.82. The van der Waals surface area contributed by atoms with Crippen molar-refractivity contribution in [2.75, 3.05) is 44.2 Å². The molecule has 38 heavy (non-hydrogen) atoms. The summed E-state index contributed by atoms with van der Waals surface area (Å²) in [7, 11) is 0. The Labute approximate surface area is 233 Å². The molecule has 9 heteroatoms. The number of nitrogens with zero attached hydrogens (tertiary/aromatic N) is 4. The van der Waals surface area contributed by atoms with Gasteiger partial charge in [-0.1, -0.05) is 17.7 Å². The van der Waals surface area contributed by atoms with Gasteiger partial charge in [0.2, 0.25) is 0 Å². The molecule has 2 fully saturated rings. The Morgan fingerprint density at radius 2 is 1.84 bits per heavy atom. The quantitative estimate of drug-likeness (QED) is 0.369. The van der Waals surface area contributed by atoms with Gasteiger partial charge >= 0.3 is 6.09 Å². The molecule has 2 aromatic heterocycles. The largest absolute Gasteiger partial charge is 0.420 e. The smallest absolute Gasteiger partial charge is 0.399 e. The number of thiophene rings is 1. The standard InChI is InChI=1S/C29H33ClN4O3S/c1-19-7-8-24(14-25(19)30)34(29(36)37-26-6-4-13-38-26)12-5-11-32-15-22-17-33(18-23(22)16-32)28(35)27-20(2)9-10-31-21(27)3/h4,6-10,13-14,22-23H,5,11-12,15-18H2,1-3H3. The lowest BCUT2D eigenvalue weighted by molar-refractivity contribution is 0.0772. The molecule has 2 amide bonds. The number of amides is 2. The molecule has 0 spiro atoms. The molecule has 0 bridgehead atoms. The molecule has 1 aromatic carbocycles. The normalized spacial score (nSPS) is 19.0. The van der Waals surface area contributed by atoms with Gasteiger partial charge in [-0.25, -0.2) is 4.79 Å². The molecule has 0 N–H and O–H groups in total. The van der Waals surface area contributed by atoms with Gasteiger partial charge < -0.3 is 14.5 Å². The lowest BCUT2D eigenvalue weighted by atomic mass is 10.0. The number of hydrogen-bond acceptors (Lipinski definition) is 6. The molecule has 4 heterocycles. The molecule has 0 saturated carbocycles. The lowest BCUT2D eigenvalue weighted by Gasteiger charge is -2.25. The van der Waals surface area contributed by atoms with Crippen LogP contribution in [0.1, 0.15) is 33.6 Å². The van der Waals surface area contributed by atoms with Crippen LogP contribution < -0.4 is 9.64 Å². The van der Waals surface area contributed by atoms with E-state index in [1.54, 1.807) is 17.2 Å². The van der Waals surface area contributed by atoms with E-state index in [1.807, 2.05) is 61.4 Å². The van der Waals surface area contributed by atoms with Crippen LogP contribution in [0.4, 0.5) is 10.5 Å². The second kappa shape index (κ2) is 11.4. The molecule has 2 aliphatic rings. The van der Waals surface area contributed by atoms with Crippen LogP contribution in [0.5, 0.6) is 5.06 Å². The van der Waals surface area contributed by atoms with Crippen molar-refractivity contribution in [1.82, 2.24) is 14.8 Å². The van der Waals surface area contributed by atoms with Crippen molar-refractivity contribution in [3.63, 3.8) is 0 Å². The van der Waals surface area contributed by atoms with Gasteiger partial charge in [-0.3, -0.25) is 14.7 Å². The first-order valence-electron chi connectivity index (χ1n) is 13.0.